The summed E-state index contributed by atoms with van der Waals surface area (Å²) in [5.41, 5.74) is -1.21. The average molecular weight is 583 g/mol. The third-order valence-electron chi connectivity index (χ3n) is 6.62. The van der Waals surface area contributed by atoms with Gasteiger partial charge in [-0.25, -0.2) is 18.4 Å². The predicted octanol–water partition coefficient (Wildman–Crippen LogP) is 5.17. The second-order valence-electron chi connectivity index (χ2n) is 9.39. The zero-order chi connectivity index (χ0) is 28.9. The zero-order valence-electron chi connectivity index (χ0n) is 21.4. The Balaban J connectivity index is 1.35. The number of aliphatic hydroxyl groups is 1. The van der Waals surface area contributed by atoms with Gasteiger partial charge in [-0.2, -0.15) is 16.9 Å². The van der Waals surface area contributed by atoms with Gasteiger partial charge in [0.25, 0.3) is 0 Å². The lowest BCUT2D eigenvalue weighted by atomic mass is 9.90. The number of hydrogen-bond acceptors (Lipinski definition) is 6. The van der Waals surface area contributed by atoms with Crippen molar-refractivity contribution in [1.29, 1.82) is 0 Å². The SMILES string of the molecule is CC(SC1CCN(C(=O)/C=C/c2ccc(OC(F)(F)F)cc2)CC1)C(O)(Cn1cncn1)c1ccc(F)cc1F. The number of likely N-dealkylation sites (tertiary alicyclic amines) is 1. The molecule has 0 radical (unpaired) electrons. The summed E-state index contributed by atoms with van der Waals surface area (Å²) in [5.74, 6) is -2.18. The molecule has 40 heavy (non-hydrogen) atoms. The molecule has 1 N–H and O–H groups in total. The number of benzene rings is 2. The summed E-state index contributed by atoms with van der Waals surface area (Å²) >= 11 is 1.47. The summed E-state index contributed by atoms with van der Waals surface area (Å²) in [6, 6.07) is 8.25. The summed E-state index contributed by atoms with van der Waals surface area (Å²) in [5, 5.41) is 15.3. The Labute approximate surface area is 231 Å². The highest BCUT2D eigenvalue weighted by Gasteiger charge is 2.41. The number of amides is 1. The van der Waals surface area contributed by atoms with Crippen LogP contribution in [-0.4, -0.2) is 60.6 Å². The lowest BCUT2D eigenvalue weighted by molar-refractivity contribution is -0.274. The highest BCUT2D eigenvalue weighted by molar-refractivity contribution is 8.00. The molecule has 1 aliphatic heterocycles. The maximum Gasteiger partial charge on any atom is 0.573 e. The van der Waals surface area contributed by atoms with E-state index in [2.05, 4.69) is 14.8 Å². The van der Waals surface area contributed by atoms with Crippen LogP contribution in [0.1, 0.15) is 30.9 Å². The molecule has 0 saturated carbocycles. The number of aromatic nitrogens is 3. The third-order valence-corrected chi connectivity index (χ3v) is 8.28. The molecule has 2 unspecified atom stereocenters. The molecule has 0 spiro atoms. The Hall–Kier alpha value is -3.45. The summed E-state index contributed by atoms with van der Waals surface area (Å²) in [7, 11) is 0. The van der Waals surface area contributed by atoms with Crippen LogP contribution in [0.15, 0.2) is 61.2 Å². The summed E-state index contributed by atoms with van der Waals surface area (Å²) in [4.78, 5) is 18.2. The first-order valence-electron chi connectivity index (χ1n) is 12.4. The van der Waals surface area contributed by atoms with Gasteiger partial charge in [0.15, 0.2) is 0 Å². The van der Waals surface area contributed by atoms with Crippen molar-refractivity contribution in [3.8, 4) is 5.75 Å². The van der Waals surface area contributed by atoms with Crippen molar-refractivity contribution < 1.29 is 36.6 Å². The molecule has 1 amide bonds. The molecule has 1 aromatic heterocycles. The Morgan fingerprint density at radius 1 is 1.18 bits per heavy atom. The zero-order valence-corrected chi connectivity index (χ0v) is 22.2. The van der Waals surface area contributed by atoms with Crippen molar-refractivity contribution in [3.05, 3.63) is 84.0 Å². The van der Waals surface area contributed by atoms with Crippen LogP contribution in [0.25, 0.3) is 6.08 Å². The smallest absolute Gasteiger partial charge is 0.406 e. The van der Waals surface area contributed by atoms with Crippen LogP contribution in [0, 0.1) is 11.6 Å². The minimum Gasteiger partial charge on any atom is -0.406 e. The summed E-state index contributed by atoms with van der Waals surface area (Å²) in [6.07, 6.45) is 2.08. The highest BCUT2D eigenvalue weighted by Crippen LogP contribution is 2.40. The van der Waals surface area contributed by atoms with Crippen LogP contribution in [-0.2, 0) is 16.9 Å². The lowest BCUT2D eigenvalue weighted by Crippen LogP contribution is -2.44. The molecule has 13 heteroatoms. The van der Waals surface area contributed by atoms with E-state index in [-0.39, 0.29) is 29.0 Å². The number of piperidine rings is 1. The van der Waals surface area contributed by atoms with Gasteiger partial charge in [0, 0.05) is 41.3 Å². The quantitative estimate of drug-likeness (QED) is 0.277. The number of halogens is 5. The molecular formula is C27H27F5N4O3S. The molecule has 4 rings (SSSR count). The number of nitrogens with zero attached hydrogens (tertiary/aromatic N) is 4. The number of thioether (sulfide) groups is 1. The second-order valence-corrected chi connectivity index (χ2v) is 11.0. The van der Waals surface area contributed by atoms with E-state index >= 15 is 0 Å². The molecule has 0 aliphatic carbocycles. The first-order chi connectivity index (χ1) is 18.9. The molecule has 214 valence electrons. The van der Waals surface area contributed by atoms with E-state index < -0.39 is 28.8 Å². The van der Waals surface area contributed by atoms with E-state index in [0.717, 1.165) is 12.1 Å². The maximum atomic E-state index is 14.8. The van der Waals surface area contributed by atoms with Gasteiger partial charge in [-0.15, -0.1) is 13.2 Å². The maximum absolute atomic E-state index is 14.8. The van der Waals surface area contributed by atoms with Crippen molar-refractivity contribution in [3.63, 3.8) is 0 Å². The largest absolute Gasteiger partial charge is 0.573 e. The van der Waals surface area contributed by atoms with Crippen molar-refractivity contribution >= 4 is 23.7 Å². The van der Waals surface area contributed by atoms with Gasteiger partial charge in [0.05, 0.1) is 6.54 Å². The first kappa shape index (κ1) is 29.5. The Morgan fingerprint density at radius 2 is 1.88 bits per heavy atom. The van der Waals surface area contributed by atoms with E-state index in [0.29, 0.717) is 31.5 Å². The highest BCUT2D eigenvalue weighted by atomic mass is 32.2. The molecule has 1 aliphatic rings. The van der Waals surface area contributed by atoms with Gasteiger partial charge in [0.2, 0.25) is 5.91 Å². The molecule has 3 aromatic rings. The Bertz CT molecular complexity index is 1310. The summed E-state index contributed by atoms with van der Waals surface area (Å²) in [6.45, 7) is 2.60. The van der Waals surface area contributed by atoms with Crippen LogP contribution >= 0.6 is 11.8 Å². The van der Waals surface area contributed by atoms with Gasteiger partial charge in [-0.3, -0.25) is 4.79 Å². The van der Waals surface area contributed by atoms with Crippen molar-refractivity contribution in [1.82, 2.24) is 19.7 Å². The van der Waals surface area contributed by atoms with E-state index in [1.165, 1.54) is 71.6 Å². The van der Waals surface area contributed by atoms with E-state index in [1.807, 2.05) is 0 Å². The van der Waals surface area contributed by atoms with E-state index in [1.54, 1.807) is 11.8 Å². The van der Waals surface area contributed by atoms with E-state index in [9.17, 15) is 31.9 Å². The fourth-order valence-corrected chi connectivity index (χ4v) is 5.99. The normalized spacial score (nSPS) is 17.1. The molecule has 0 bridgehead atoms. The molecule has 1 fully saturated rings. The van der Waals surface area contributed by atoms with Gasteiger partial charge in [-0.1, -0.05) is 25.1 Å². The monoisotopic (exact) mass is 582 g/mol. The molecule has 7 nitrogen and oxygen atoms in total. The molecule has 2 aromatic carbocycles. The third kappa shape index (κ3) is 7.60. The van der Waals surface area contributed by atoms with Crippen LogP contribution < -0.4 is 4.74 Å². The van der Waals surface area contributed by atoms with Gasteiger partial charge < -0.3 is 14.7 Å². The Kier molecular flexibility index (Phi) is 9.14. The topological polar surface area (TPSA) is 80.5 Å². The van der Waals surface area contributed by atoms with Gasteiger partial charge in [-0.05, 0) is 42.7 Å². The number of rotatable bonds is 9. The number of carbonyl (C=O) groups excluding carboxylic acids is 1. The second kappa shape index (κ2) is 12.4. The van der Waals surface area contributed by atoms with Gasteiger partial charge >= 0.3 is 6.36 Å². The fourth-order valence-electron chi connectivity index (χ4n) is 4.50. The van der Waals surface area contributed by atoms with Crippen LogP contribution in [0.5, 0.6) is 5.75 Å². The number of carbonyl (C=O) groups is 1. The number of ether oxygens (including phenoxy) is 1. The number of hydrogen-bond donors (Lipinski definition) is 1. The first-order valence-corrected chi connectivity index (χ1v) is 13.4. The minimum absolute atomic E-state index is 0.0415. The standard InChI is InChI=1S/C27H27F5N4O3S/c1-18(26(38,15-36-17-33-16-34-36)23-8-5-20(28)14-24(23)29)40-22-10-12-35(13-11-22)25(37)9-4-19-2-6-21(7-3-19)39-27(30,31)32/h2-9,14,16-18,22,38H,10-13,15H2,1H3/b9-4+. The predicted molar refractivity (Wildman–Crippen MR) is 139 cm³/mol. The van der Waals surface area contributed by atoms with Crippen molar-refractivity contribution in [2.75, 3.05) is 13.1 Å². The van der Waals surface area contributed by atoms with Gasteiger partial charge in [0.1, 0.15) is 35.6 Å². The molecule has 1 saturated heterocycles. The molecular weight excluding hydrogens is 555 g/mol. The van der Waals surface area contributed by atoms with Crippen LogP contribution in [0.2, 0.25) is 0 Å². The molecule has 2 atom stereocenters. The minimum atomic E-state index is -4.78. The van der Waals surface area contributed by atoms with Crippen molar-refractivity contribution in [2.24, 2.45) is 0 Å². The Morgan fingerprint density at radius 3 is 2.48 bits per heavy atom. The fraction of sp³-hybridized carbons (Fsp3) is 0.370. The van der Waals surface area contributed by atoms with E-state index in [4.69, 9.17) is 0 Å². The van der Waals surface area contributed by atoms with Crippen molar-refractivity contribution in [2.45, 2.75) is 48.8 Å². The number of alkyl halides is 3. The van der Waals surface area contributed by atoms with Crippen LogP contribution in [0.3, 0.4) is 0 Å². The van der Waals surface area contributed by atoms with Crippen LogP contribution in [0.4, 0.5) is 22.0 Å². The lowest BCUT2D eigenvalue weighted by Gasteiger charge is -2.38. The molecule has 2 heterocycles. The summed E-state index contributed by atoms with van der Waals surface area (Å²) < 4.78 is 70.5. The average Bonchev–Trinajstić information content (AvgIpc) is 3.40.